The second-order valence-electron chi connectivity index (χ2n) is 8.77. The average Bonchev–Trinajstić information content (AvgIpc) is 2.90. The van der Waals surface area contributed by atoms with Gasteiger partial charge in [-0.15, -0.1) is 0 Å². The number of hydrogen-bond donors (Lipinski definition) is 0. The van der Waals surface area contributed by atoms with Crippen LogP contribution in [0.5, 0.6) is 0 Å². The second-order valence-corrected chi connectivity index (χ2v) is 8.77. The minimum absolute atomic E-state index is 0.0186. The zero-order valence-electron chi connectivity index (χ0n) is 19.5. The molecule has 4 amide bonds. The molecule has 2 aliphatic heterocycles. The molecule has 4 heterocycles. The molecule has 0 unspecified atom stereocenters. The smallest absolute Gasteiger partial charge is 0.268 e. The van der Waals surface area contributed by atoms with Gasteiger partial charge in [-0.3, -0.25) is 19.2 Å². The van der Waals surface area contributed by atoms with Crippen LogP contribution >= 0.6 is 0 Å². The molecule has 40 heavy (non-hydrogen) atoms. The molecule has 0 aliphatic carbocycles. The molecule has 0 bridgehead atoms. The summed E-state index contributed by atoms with van der Waals surface area (Å²) in [5.74, 6) is -4.51. The number of aromatic nitrogens is 2. The number of amides is 4. The van der Waals surface area contributed by atoms with E-state index in [0.717, 1.165) is 12.1 Å². The highest BCUT2D eigenvalue weighted by Crippen LogP contribution is 2.40. The first kappa shape index (κ1) is 25.2. The Kier molecular flexibility index (Phi) is 5.14. The third-order valence-electron chi connectivity index (χ3n) is 6.50. The minimum atomic E-state index is -4.69. The van der Waals surface area contributed by atoms with Gasteiger partial charge in [0, 0.05) is 45.4 Å². The molecule has 0 fully saturated rings. The lowest BCUT2D eigenvalue weighted by Crippen LogP contribution is -2.44. The molecule has 0 saturated heterocycles. The lowest BCUT2D eigenvalue weighted by molar-refractivity contribution is -0.138. The van der Waals surface area contributed by atoms with Gasteiger partial charge in [0.2, 0.25) is 0 Å². The maximum atomic E-state index is 13.3. The molecule has 0 spiro atoms. The zero-order chi connectivity index (χ0) is 28.7. The van der Waals surface area contributed by atoms with Crippen molar-refractivity contribution in [1.82, 2.24) is 9.97 Å². The largest absolute Gasteiger partial charge is 0.417 e. The van der Waals surface area contributed by atoms with Gasteiger partial charge in [0.25, 0.3) is 23.6 Å². The molecule has 2 aromatic carbocycles. The summed E-state index contributed by atoms with van der Waals surface area (Å²) in [5, 5.41) is -0.0372. The highest BCUT2D eigenvalue weighted by atomic mass is 19.4. The molecule has 8 nitrogen and oxygen atoms in total. The van der Waals surface area contributed by atoms with Gasteiger partial charge in [0.15, 0.2) is 0 Å². The number of nitrogens with zero attached hydrogens (tertiary/aromatic N) is 4. The summed E-state index contributed by atoms with van der Waals surface area (Å²) in [6.07, 6.45) is -8.43. The van der Waals surface area contributed by atoms with Crippen LogP contribution in [-0.4, -0.2) is 33.6 Å². The van der Waals surface area contributed by atoms with Crippen LogP contribution in [0.2, 0.25) is 0 Å². The Bertz CT molecular complexity index is 1600. The molecule has 6 rings (SSSR count). The summed E-state index contributed by atoms with van der Waals surface area (Å²) in [5.41, 5.74) is -2.62. The molecule has 0 atom stereocenters. The Labute approximate surface area is 218 Å². The van der Waals surface area contributed by atoms with Gasteiger partial charge in [-0.2, -0.15) is 26.3 Å². The number of carbonyl (C=O) groups is 4. The lowest BCUT2D eigenvalue weighted by Gasteiger charge is -2.31. The number of hydrogen-bond acceptors (Lipinski definition) is 6. The van der Waals surface area contributed by atoms with E-state index in [4.69, 9.17) is 0 Å². The van der Waals surface area contributed by atoms with Gasteiger partial charge < -0.3 is 0 Å². The third-order valence-corrected chi connectivity index (χ3v) is 6.50. The van der Waals surface area contributed by atoms with Crippen molar-refractivity contribution in [2.75, 3.05) is 9.80 Å². The van der Waals surface area contributed by atoms with Crippen molar-refractivity contribution in [3.8, 4) is 0 Å². The van der Waals surface area contributed by atoms with Gasteiger partial charge in [0.1, 0.15) is 11.6 Å². The van der Waals surface area contributed by atoms with E-state index in [9.17, 15) is 45.5 Å². The third kappa shape index (κ3) is 3.56. The molecule has 14 heteroatoms. The first-order chi connectivity index (χ1) is 18.8. The molecule has 0 radical (unpaired) electrons. The molecular weight excluding hydrogens is 546 g/mol. The van der Waals surface area contributed by atoms with Gasteiger partial charge in [-0.05, 0) is 48.5 Å². The van der Waals surface area contributed by atoms with E-state index in [1.165, 1.54) is 24.3 Å². The molecule has 0 saturated carbocycles. The summed E-state index contributed by atoms with van der Waals surface area (Å²) in [6.45, 7) is 0. The monoisotopic (exact) mass is 556 g/mol. The lowest BCUT2D eigenvalue weighted by atomic mass is 9.86. The van der Waals surface area contributed by atoms with E-state index in [-0.39, 0.29) is 44.7 Å². The molecule has 2 aromatic heterocycles. The fraction of sp³-hybridized carbons (Fsp3) is 0.0769. The van der Waals surface area contributed by atoms with Crippen molar-refractivity contribution < 1.29 is 45.5 Å². The number of imide groups is 2. The normalized spacial score (nSPS) is 15.3. The first-order valence-electron chi connectivity index (χ1n) is 11.2. The minimum Gasteiger partial charge on any atom is -0.268 e. The fourth-order valence-electron chi connectivity index (χ4n) is 4.66. The van der Waals surface area contributed by atoms with Gasteiger partial charge in [-0.25, -0.2) is 19.8 Å². The predicted octanol–water partition coefficient (Wildman–Crippen LogP) is 5.27. The number of carbonyl (C=O) groups excluding carboxylic acids is 4. The Balaban J connectivity index is 1.45. The SMILES string of the molecule is O=C1c2ccc3c4c(ccc(c24)C(=O)N1c1ccc(C(F)(F)F)cn1)C(=O)N(c1ccc(C(F)(F)F)cn1)C3=O. The highest BCUT2D eigenvalue weighted by Gasteiger charge is 2.42. The van der Waals surface area contributed by atoms with Crippen LogP contribution in [0.1, 0.15) is 52.6 Å². The van der Waals surface area contributed by atoms with Crippen LogP contribution in [0.15, 0.2) is 60.9 Å². The van der Waals surface area contributed by atoms with Gasteiger partial charge in [0.05, 0.1) is 11.1 Å². The molecular formula is C26H10F6N4O4. The molecule has 0 N–H and O–H groups in total. The van der Waals surface area contributed by atoms with Crippen LogP contribution in [0.4, 0.5) is 38.0 Å². The first-order valence-corrected chi connectivity index (χ1v) is 11.2. The number of rotatable bonds is 2. The van der Waals surface area contributed by atoms with Crippen molar-refractivity contribution in [2.24, 2.45) is 0 Å². The van der Waals surface area contributed by atoms with Crippen molar-refractivity contribution in [1.29, 1.82) is 0 Å². The molecule has 200 valence electrons. The van der Waals surface area contributed by atoms with Crippen molar-refractivity contribution in [3.05, 3.63) is 94.3 Å². The summed E-state index contributed by atoms with van der Waals surface area (Å²) < 4.78 is 77.7. The summed E-state index contributed by atoms with van der Waals surface area (Å²) in [6, 6.07) is 7.92. The highest BCUT2D eigenvalue weighted by molar-refractivity contribution is 6.41. The van der Waals surface area contributed by atoms with E-state index in [2.05, 4.69) is 9.97 Å². The van der Waals surface area contributed by atoms with Crippen LogP contribution in [0.3, 0.4) is 0 Å². The van der Waals surface area contributed by atoms with Crippen molar-refractivity contribution >= 4 is 46.0 Å². The number of halogens is 6. The van der Waals surface area contributed by atoms with E-state index in [1.807, 2.05) is 0 Å². The fourth-order valence-corrected chi connectivity index (χ4v) is 4.66. The molecule has 4 aromatic rings. The van der Waals surface area contributed by atoms with Crippen molar-refractivity contribution in [3.63, 3.8) is 0 Å². The zero-order valence-corrected chi connectivity index (χ0v) is 19.5. The van der Waals surface area contributed by atoms with Crippen molar-refractivity contribution in [2.45, 2.75) is 12.4 Å². The van der Waals surface area contributed by atoms with E-state index in [0.29, 0.717) is 34.3 Å². The Hall–Kier alpha value is -5.14. The van der Waals surface area contributed by atoms with Crippen LogP contribution in [0, 0.1) is 0 Å². The number of anilines is 2. The molecule has 2 aliphatic rings. The average molecular weight is 556 g/mol. The van der Waals surface area contributed by atoms with E-state index < -0.39 is 47.1 Å². The standard InChI is InChI=1S/C26H10F6N4O4/c27-25(28,29)11-1-7-17(33-9-11)35-21(37)13-3-5-15-20-16(6-4-14(19(13)20)22(35)38)24(40)36(23(15)39)18-8-2-12(10-34-18)26(30,31)32/h1-10H. The Morgan fingerprint density at radius 2 is 0.775 bits per heavy atom. The topological polar surface area (TPSA) is 101 Å². The maximum absolute atomic E-state index is 13.3. The summed E-state index contributed by atoms with van der Waals surface area (Å²) >= 11 is 0. The van der Waals surface area contributed by atoms with E-state index >= 15 is 0 Å². The predicted molar refractivity (Wildman–Crippen MR) is 125 cm³/mol. The van der Waals surface area contributed by atoms with Crippen LogP contribution in [-0.2, 0) is 12.4 Å². The van der Waals surface area contributed by atoms with Gasteiger partial charge in [-0.1, -0.05) is 0 Å². The Morgan fingerprint density at radius 3 is 1.00 bits per heavy atom. The number of benzene rings is 2. The Morgan fingerprint density at radius 1 is 0.475 bits per heavy atom. The summed E-state index contributed by atoms with van der Waals surface area (Å²) in [4.78, 5) is 61.8. The van der Waals surface area contributed by atoms with E-state index in [1.54, 1.807) is 0 Å². The van der Waals surface area contributed by atoms with Gasteiger partial charge >= 0.3 is 12.4 Å². The van der Waals surface area contributed by atoms with Crippen LogP contribution in [0.25, 0.3) is 10.8 Å². The number of alkyl halides is 6. The van der Waals surface area contributed by atoms with Crippen LogP contribution < -0.4 is 9.80 Å². The quantitative estimate of drug-likeness (QED) is 0.247. The summed E-state index contributed by atoms with van der Waals surface area (Å²) in [7, 11) is 0. The second kappa shape index (κ2) is 8.18. The number of pyridine rings is 2. The maximum Gasteiger partial charge on any atom is 0.417 e.